The van der Waals surface area contributed by atoms with Gasteiger partial charge in [-0.25, -0.2) is 14.0 Å². The maximum atomic E-state index is 13.4. The Labute approximate surface area is 182 Å². The maximum absolute atomic E-state index is 13.4. The maximum Gasteiger partial charge on any atom is 0.407 e. The number of halogens is 1. The zero-order chi connectivity index (χ0) is 22.7. The molecule has 3 aromatic carbocycles. The Balaban J connectivity index is 1.34. The molecule has 162 valence electrons. The zero-order valence-corrected chi connectivity index (χ0v) is 16.8. The Morgan fingerprint density at radius 2 is 1.56 bits per heavy atom. The number of alkyl carbamates (subject to hydrolysis) is 1. The van der Waals surface area contributed by atoms with Gasteiger partial charge in [0.05, 0.1) is 11.3 Å². The van der Waals surface area contributed by atoms with Crippen LogP contribution in [0.3, 0.4) is 0 Å². The average Bonchev–Trinajstić information content (AvgIpc) is 3.10. The molecule has 3 N–H and O–H groups in total. The number of amides is 2. The molecule has 8 heteroatoms. The number of nitrogens with one attached hydrogen (secondary N) is 2. The smallest absolute Gasteiger partial charge is 0.407 e. The second-order valence-electron chi connectivity index (χ2n) is 7.22. The molecule has 0 aromatic heterocycles. The van der Waals surface area contributed by atoms with Gasteiger partial charge < -0.3 is 20.5 Å². The lowest BCUT2D eigenvalue weighted by molar-refractivity contribution is -0.115. The van der Waals surface area contributed by atoms with Crippen molar-refractivity contribution in [3.63, 3.8) is 0 Å². The summed E-state index contributed by atoms with van der Waals surface area (Å²) in [7, 11) is 0. The van der Waals surface area contributed by atoms with Gasteiger partial charge in [-0.3, -0.25) is 4.79 Å². The summed E-state index contributed by atoms with van der Waals surface area (Å²) in [6, 6.07) is 18.7. The number of hydrogen-bond acceptors (Lipinski definition) is 4. The molecular weight excluding hydrogens is 415 g/mol. The van der Waals surface area contributed by atoms with Gasteiger partial charge in [-0.2, -0.15) is 0 Å². The summed E-state index contributed by atoms with van der Waals surface area (Å²) in [5, 5.41) is 13.7. The molecule has 2 amide bonds. The second kappa shape index (κ2) is 8.89. The highest BCUT2D eigenvalue weighted by atomic mass is 19.1. The molecule has 7 nitrogen and oxygen atoms in total. The first-order valence-electron chi connectivity index (χ1n) is 9.85. The van der Waals surface area contributed by atoms with Gasteiger partial charge in [0.15, 0.2) is 0 Å². The van der Waals surface area contributed by atoms with Crippen molar-refractivity contribution in [1.29, 1.82) is 0 Å². The van der Waals surface area contributed by atoms with Crippen molar-refractivity contribution in [3.05, 3.63) is 89.2 Å². The summed E-state index contributed by atoms with van der Waals surface area (Å²) in [4.78, 5) is 35.4. The van der Waals surface area contributed by atoms with Crippen molar-refractivity contribution < 1.29 is 28.6 Å². The third-order valence-electron chi connectivity index (χ3n) is 5.22. The van der Waals surface area contributed by atoms with Crippen LogP contribution in [0.5, 0.6) is 0 Å². The topological polar surface area (TPSA) is 105 Å². The number of carbonyl (C=O) groups excluding carboxylic acids is 2. The van der Waals surface area contributed by atoms with Crippen LogP contribution in [0, 0.1) is 5.82 Å². The molecule has 0 radical (unpaired) electrons. The SMILES string of the molecule is O=C(CNC(=O)OCC1c2ccccc2-c2ccccc21)Nc1cc(F)ccc1C(=O)O. The van der Waals surface area contributed by atoms with Crippen LogP contribution in [-0.2, 0) is 9.53 Å². The van der Waals surface area contributed by atoms with Crippen LogP contribution in [0.25, 0.3) is 11.1 Å². The fourth-order valence-corrected chi connectivity index (χ4v) is 3.80. The molecule has 0 saturated heterocycles. The van der Waals surface area contributed by atoms with E-state index in [2.05, 4.69) is 10.6 Å². The molecule has 0 saturated carbocycles. The first-order chi connectivity index (χ1) is 15.4. The van der Waals surface area contributed by atoms with Gasteiger partial charge in [0.2, 0.25) is 5.91 Å². The lowest BCUT2D eigenvalue weighted by Gasteiger charge is -2.14. The van der Waals surface area contributed by atoms with Crippen molar-refractivity contribution in [1.82, 2.24) is 5.32 Å². The quantitative estimate of drug-likeness (QED) is 0.544. The van der Waals surface area contributed by atoms with Gasteiger partial charge in [0, 0.05) is 5.92 Å². The highest BCUT2D eigenvalue weighted by Crippen LogP contribution is 2.44. The first kappa shape index (κ1) is 21.0. The number of hydrogen-bond donors (Lipinski definition) is 3. The van der Waals surface area contributed by atoms with Crippen molar-refractivity contribution in [3.8, 4) is 11.1 Å². The van der Waals surface area contributed by atoms with E-state index in [0.717, 1.165) is 40.5 Å². The Kier molecular flexibility index (Phi) is 5.85. The van der Waals surface area contributed by atoms with Gasteiger partial charge >= 0.3 is 12.1 Å². The number of carboxylic acids is 1. The average molecular weight is 434 g/mol. The summed E-state index contributed by atoms with van der Waals surface area (Å²) in [5.41, 5.74) is 3.86. The third-order valence-corrected chi connectivity index (χ3v) is 5.22. The molecule has 32 heavy (non-hydrogen) atoms. The number of fused-ring (bicyclic) bond motifs is 3. The van der Waals surface area contributed by atoms with E-state index in [-0.39, 0.29) is 23.8 Å². The molecule has 4 rings (SSSR count). The Bertz CT molecular complexity index is 1160. The highest BCUT2D eigenvalue weighted by Gasteiger charge is 2.29. The van der Waals surface area contributed by atoms with Crippen LogP contribution >= 0.6 is 0 Å². The van der Waals surface area contributed by atoms with Crippen LogP contribution in [-0.4, -0.2) is 36.2 Å². The van der Waals surface area contributed by atoms with E-state index >= 15 is 0 Å². The Morgan fingerprint density at radius 3 is 2.19 bits per heavy atom. The van der Waals surface area contributed by atoms with Crippen molar-refractivity contribution >= 4 is 23.7 Å². The molecule has 0 atom stereocenters. The lowest BCUT2D eigenvalue weighted by Crippen LogP contribution is -2.34. The molecular formula is C24H19FN2O5. The predicted octanol–water partition coefficient (Wildman–Crippen LogP) is 4.00. The van der Waals surface area contributed by atoms with E-state index in [1.807, 2.05) is 48.5 Å². The number of rotatable bonds is 6. The minimum Gasteiger partial charge on any atom is -0.478 e. The van der Waals surface area contributed by atoms with Crippen LogP contribution in [0.4, 0.5) is 14.9 Å². The fourth-order valence-electron chi connectivity index (χ4n) is 3.80. The molecule has 1 aliphatic rings. The number of ether oxygens (including phenoxy) is 1. The lowest BCUT2D eigenvalue weighted by atomic mass is 9.98. The minimum atomic E-state index is -1.32. The fraction of sp³-hybridized carbons (Fsp3) is 0.125. The molecule has 0 fully saturated rings. The zero-order valence-electron chi connectivity index (χ0n) is 16.8. The van der Waals surface area contributed by atoms with Crippen molar-refractivity contribution in [2.45, 2.75) is 5.92 Å². The van der Waals surface area contributed by atoms with E-state index in [4.69, 9.17) is 9.84 Å². The highest BCUT2D eigenvalue weighted by molar-refractivity contribution is 6.01. The van der Waals surface area contributed by atoms with E-state index < -0.39 is 30.3 Å². The van der Waals surface area contributed by atoms with Gasteiger partial charge in [0.1, 0.15) is 19.0 Å². The van der Waals surface area contributed by atoms with Crippen molar-refractivity contribution in [2.24, 2.45) is 0 Å². The summed E-state index contributed by atoms with van der Waals surface area (Å²) in [6.45, 7) is -0.374. The molecule has 0 unspecified atom stereocenters. The van der Waals surface area contributed by atoms with Crippen LogP contribution in [0.15, 0.2) is 66.7 Å². The van der Waals surface area contributed by atoms with Gasteiger partial charge in [0.25, 0.3) is 0 Å². The van der Waals surface area contributed by atoms with E-state index in [9.17, 15) is 18.8 Å². The number of benzene rings is 3. The molecule has 0 aliphatic heterocycles. The van der Waals surface area contributed by atoms with Gasteiger partial charge in [-0.1, -0.05) is 48.5 Å². The number of aromatic carboxylic acids is 1. The largest absolute Gasteiger partial charge is 0.478 e. The summed E-state index contributed by atoms with van der Waals surface area (Å²) >= 11 is 0. The summed E-state index contributed by atoms with van der Waals surface area (Å²) in [6.07, 6.45) is -0.792. The molecule has 0 spiro atoms. The Hall–Kier alpha value is -4.20. The molecule has 0 heterocycles. The number of carbonyl (C=O) groups is 3. The molecule has 3 aromatic rings. The van der Waals surface area contributed by atoms with Crippen LogP contribution in [0.2, 0.25) is 0 Å². The predicted molar refractivity (Wildman–Crippen MR) is 115 cm³/mol. The van der Waals surface area contributed by atoms with E-state index in [0.29, 0.717) is 0 Å². The molecule has 1 aliphatic carbocycles. The minimum absolute atomic E-state index is 0.0918. The van der Waals surface area contributed by atoms with Gasteiger partial charge in [-0.15, -0.1) is 0 Å². The summed E-state index contributed by atoms with van der Waals surface area (Å²) < 4.78 is 18.7. The number of carboxylic acid groups (broad SMARTS) is 1. The van der Waals surface area contributed by atoms with E-state index in [1.54, 1.807) is 0 Å². The monoisotopic (exact) mass is 434 g/mol. The number of anilines is 1. The van der Waals surface area contributed by atoms with Crippen molar-refractivity contribution in [2.75, 3.05) is 18.5 Å². The standard InChI is InChI=1S/C24H19FN2O5/c25-14-9-10-19(23(29)30)21(11-14)27-22(28)12-26-24(31)32-13-20-17-7-3-1-5-15(17)16-6-2-4-8-18(16)20/h1-11,20H,12-13H2,(H,26,31)(H,27,28)(H,29,30). The van der Waals surface area contributed by atoms with Crippen LogP contribution < -0.4 is 10.6 Å². The van der Waals surface area contributed by atoms with Crippen LogP contribution in [0.1, 0.15) is 27.4 Å². The van der Waals surface area contributed by atoms with Gasteiger partial charge in [-0.05, 0) is 40.5 Å². The summed E-state index contributed by atoms with van der Waals surface area (Å²) in [5.74, 6) is -2.85. The normalized spacial score (nSPS) is 11.9. The Morgan fingerprint density at radius 1 is 0.938 bits per heavy atom. The third kappa shape index (κ3) is 4.29. The first-order valence-corrected chi connectivity index (χ1v) is 9.85. The van der Waals surface area contributed by atoms with E-state index in [1.165, 1.54) is 0 Å². The second-order valence-corrected chi connectivity index (χ2v) is 7.22. The molecule has 0 bridgehead atoms.